The molecule has 0 bridgehead atoms. The third kappa shape index (κ3) is 2.52. The van der Waals surface area contributed by atoms with Gasteiger partial charge in [-0.2, -0.15) is 0 Å². The van der Waals surface area contributed by atoms with Crippen LogP contribution in [0.4, 0.5) is 5.69 Å². The maximum Gasteiger partial charge on any atom is 0.340 e. The van der Waals surface area contributed by atoms with E-state index in [9.17, 15) is 4.79 Å². The molecule has 1 unspecified atom stereocenters. The SMILES string of the molecule is Cc1ccc(N)c(C(=O)OC2CCOC3(CCC3)C2)c1. The van der Waals surface area contributed by atoms with Crippen LogP contribution in [0.5, 0.6) is 0 Å². The number of hydrogen-bond donors (Lipinski definition) is 1. The lowest BCUT2D eigenvalue weighted by Crippen LogP contribution is -2.48. The van der Waals surface area contributed by atoms with Gasteiger partial charge in [0.05, 0.1) is 17.8 Å². The van der Waals surface area contributed by atoms with Crippen LogP contribution in [-0.4, -0.2) is 24.3 Å². The molecule has 108 valence electrons. The van der Waals surface area contributed by atoms with Crippen molar-refractivity contribution in [3.63, 3.8) is 0 Å². The van der Waals surface area contributed by atoms with Gasteiger partial charge in [-0.3, -0.25) is 0 Å². The van der Waals surface area contributed by atoms with E-state index < -0.39 is 0 Å². The fourth-order valence-electron chi connectivity index (χ4n) is 3.06. The van der Waals surface area contributed by atoms with Gasteiger partial charge in [-0.15, -0.1) is 0 Å². The van der Waals surface area contributed by atoms with E-state index in [4.69, 9.17) is 15.2 Å². The molecule has 4 nitrogen and oxygen atoms in total. The van der Waals surface area contributed by atoms with Gasteiger partial charge in [-0.25, -0.2) is 4.79 Å². The number of rotatable bonds is 2. The first-order chi connectivity index (χ1) is 9.58. The minimum absolute atomic E-state index is 0.0126. The Balaban J connectivity index is 1.67. The molecule has 2 aliphatic rings. The van der Waals surface area contributed by atoms with Crippen molar-refractivity contribution in [1.82, 2.24) is 0 Å². The van der Waals surface area contributed by atoms with Gasteiger partial charge >= 0.3 is 5.97 Å². The number of nitrogens with two attached hydrogens (primary N) is 1. The molecule has 1 spiro atoms. The normalized spacial score (nSPS) is 24.1. The molecule has 2 fully saturated rings. The molecule has 20 heavy (non-hydrogen) atoms. The molecule has 1 atom stereocenters. The molecule has 1 heterocycles. The predicted octanol–water partition coefficient (Wildman–Crippen LogP) is 2.84. The van der Waals surface area contributed by atoms with Crippen molar-refractivity contribution in [2.45, 2.75) is 50.7 Å². The Morgan fingerprint density at radius 1 is 1.45 bits per heavy atom. The zero-order valence-electron chi connectivity index (χ0n) is 11.9. The molecule has 1 aromatic rings. The van der Waals surface area contributed by atoms with E-state index in [1.165, 1.54) is 6.42 Å². The van der Waals surface area contributed by atoms with Crippen molar-refractivity contribution >= 4 is 11.7 Å². The topological polar surface area (TPSA) is 61.6 Å². The fraction of sp³-hybridized carbons (Fsp3) is 0.562. The van der Waals surface area contributed by atoms with Gasteiger partial charge in [-0.1, -0.05) is 11.6 Å². The molecule has 0 radical (unpaired) electrons. The average Bonchev–Trinajstić information content (AvgIpc) is 2.40. The molecule has 1 saturated heterocycles. The predicted molar refractivity (Wildman–Crippen MR) is 76.6 cm³/mol. The quantitative estimate of drug-likeness (QED) is 0.666. The minimum Gasteiger partial charge on any atom is -0.459 e. The van der Waals surface area contributed by atoms with Crippen LogP contribution in [0.25, 0.3) is 0 Å². The van der Waals surface area contributed by atoms with Crippen LogP contribution < -0.4 is 5.73 Å². The third-order valence-electron chi connectivity index (χ3n) is 4.41. The first kappa shape index (κ1) is 13.4. The summed E-state index contributed by atoms with van der Waals surface area (Å²) in [6, 6.07) is 5.43. The molecule has 1 saturated carbocycles. The summed E-state index contributed by atoms with van der Waals surface area (Å²) < 4.78 is 11.5. The monoisotopic (exact) mass is 275 g/mol. The van der Waals surface area contributed by atoms with Crippen LogP contribution in [0.3, 0.4) is 0 Å². The fourth-order valence-corrected chi connectivity index (χ4v) is 3.06. The average molecular weight is 275 g/mol. The second-order valence-electron chi connectivity index (χ2n) is 6.00. The van der Waals surface area contributed by atoms with E-state index in [0.717, 1.165) is 31.2 Å². The number of anilines is 1. The Morgan fingerprint density at radius 2 is 2.25 bits per heavy atom. The van der Waals surface area contributed by atoms with Crippen LogP contribution in [0.1, 0.15) is 48.0 Å². The summed E-state index contributed by atoms with van der Waals surface area (Å²) >= 11 is 0. The summed E-state index contributed by atoms with van der Waals surface area (Å²) in [7, 11) is 0. The summed E-state index contributed by atoms with van der Waals surface area (Å²) in [4.78, 5) is 12.3. The zero-order chi connectivity index (χ0) is 14.2. The highest BCUT2D eigenvalue weighted by Gasteiger charge is 2.43. The number of carbonyl (C=O) groups excluding carboxylic acids is 1. The van der Waals surface area contributed by atoms with Crippen LogP contribution in [0, 0.1) is 6.92 Å². The van der Waals surface area contributed by atoms with Crippen molar-refractivity contribution < 1.29 is 14.3 Å². The van der Waals surface area contributed by atoms with E-state index in [1.807, 2.05) is 13.0 Å². The van der Waals surface area contributed by atoms with E-state index in [-0.39, 0.29) is 17.7 Å². The van der Waals surface area contributed by atoms with Crippen molar-refractivity contribution in [3.8, 4) is 0 Å². The molecule has 1 aliphatic heterocycles. The third-order valence-corrected chi connectivity index (χ3v) is 4.41. The smallest absolute Gasteiger partial charge is 0.340 e. The van der Waals surface area contributed by atoms with Crippen LogP contribution >= 0.6 is 0 Å². The van der Waals surface area contributed by atoms with Crippen LogP contribution in [-0.2, 0) is 9.47 Å². The summed E-state index contributed by atoms with van der Waals surface area (Å²) in [5.74, 6) is -0.312. The Hall–Kier alpha value is -1.55. The van der Waals surface area contributed by atoms with Crippen molar-refractivity contribution in [1.29, 1.82) is 0 Å². The van der Waals surface area contributed by atoms with Crippen LogP contribution in [0.15, 0.2) is 18.2 Å². The number of carbonyl (C=O) groups is 1. The van der Waals surface area contributed by atoms with E-state index in [2.05, 4.69) is 0 Å². The van der Waals surface area contributed by atoms with Gasteiger partial charge in [0.25, 0.3) is 0 Å². The summed E-state index contributed by atoms with van der Waals surface area (Å²) in [5, 5.41) is 0. The second-order valence-corrected chi connectivity index (χ2v) is 6.00. The molecule has 1 aliphatic carbocycles. The van der Waals surface area contributed by atoms with Gasteiger partial charge in [0.15, 0.2) is 0 Å². The van der Waals surface area contributed by atoms with E-state index in [0.29, 0.717) is 17.9 Å². The number of hydrogen-bond acceptors (Lipinski definition) is 4. The van der Waals surface area contributed by atoms with Crippen molar-refractivity contribution in [3.05, 3.63) is 29.3 Å². The lowest BCUT2D eigenvalue weighted by molar-refractivity contribution is -0.159. The lowest BCUT2D eigenvalue weighted by atomic mass is 9.74. The first-order valence-electron chi connectivity index (χ1n) is 7.29. The summed E-state index contributed by atoms with van der Waals surface area (Å²) in [6.07, 6.45) is 4.95. The van der Waals surface area contributed by atoms with E-state index >= 15 is 0 Å². The molecule has 1 aromatic carbocycles. The molecule has 0 amide bonds. The molecule has 0 aromatic heterocycles. The number of aryl methyl sites for hydroxylation is 1. The highest BCUT2D eigenvalue weighted by atomic mass is 16.6. The van der Waals surface area contributed by atoms with Gasteiger partial charge in [0.1, 0.15) is 6.10 Å². The Morgan fingerprint density at radius 3 is 2.95 bits per heavy atom. The number of benzene rings is 1. The minimum atomic E-state index is -0.312. The Kier molecular flexibility index (Phi) is 3.42. The van der Waals surface area contributed by atoms with Crippen molar-refractivity contribution in [2.24, 2.45) is 0 Å². The zero-order valence-corrected chi connectivity index (χ0v) is 11.9. The molecule has 3 rings (SSSR count). The number of nitrogen functional groups attached to an aromatic ring is 1. The van der Waals surface area contributed by atoms with Crippen molar-refractivity contribution in [2.75, 3.05) is 12.3 Å². The summed E-state index contributed by atoms with van der Waals surface area (Å²) in [5.41, 5.74) is 7.81. The number of ether oxygens (including phenoxy) is 2. The lowest BCUT2D eigenvalue weighted by Gasteiger charge is -2.46. The van der Waals surface area contributed by atoms with Gasteiger partial charge in [-0.05, 0) is 38.3 Å². The molecular formula is C16H21NO3. The second kappa shape index (κ2) is 5.09. The van der Waals surface area contributed by atoms with Gasteiger partial charge in [0.2, 0.25) is 0 Å². The standard InChI is InChI=1S/C16H21NO3/c1-11-3-4-14(17)13(9-11)15(18)20-12-5-8-19-16(10-12)6-2-7-16/h3-4,9,12H,2,5-8,10,17H2,1H3. The first-order valence-corrected chi connectivity index (χ1v) is 7.29. The van der Waals surface area contributed by atoms with Crippen LogP contribution in [0.2, 0.25) is 0 Å². The van der Waals surface area contributed by atoms with Gasteiger partial charge in [0, 0.05) is 18.5 Å². The Labute approximate surface area is 119 Å². The highest BCUT2D eigenvalue weighted by molar-refractivity contribution is 5.95. The maximum absolute atomic E-state index is 12.3. The molecule has 4 heteroatoms. The molecule has 2 N–H and O–H groups in total. The largest absolute Gasteiger partial charge is 0.459 e. The number of esters is 1. The van der Waals surface area contributed by atoms with E-state index in [1.54, 1.807) is 12.1 Å². The summed E-state index contributed by atoms with van der Waals surface area (Å²) in [6.45, 7) is 2.62. The van der Waals surface area contributed by atoms with Gasteiger partial charge < -0.3 is 15.2 Å². The maximum atomic E-state index is 12.3. The Bertz CT molecular complexity index is 522. The molecular weight excluding hydrogens is 254 g/mol. The highest BCUT2D eigenvalue weighted by Crippen LogP contribution is 2.43.